The molecule has 1 aliphatic carbocycles. The lowest BCUT2D eigenvalue weighted by Gasteiger charge is -2.27. The third kappa shape index (κ3) is 13.0. The number of hydrogen-bond acceptors (Lipinski definition) is 17. The molecule has 0 aromatic heterocycles. The molecular weight excluding hydrogens is 596 g/mol. The summed E-state index contributed by atoms with van der Waals surface area (Å²) in [5.41, 5.74) is 0. The second-order valence-corrected chi connectivity index (χ2v) is 9.73. The van der Waals surface area contributed by atoms with E-state index in [-0.39, 0.29) is 70.6 Å². The molecule has 1 fully saturated rings. The van der Waals surface area contributed by atoms with E-state index in [2.05, 4.69) is 4.74 Å². The fourth-order valence-corrected chi connectivity index (χ4v) is 4.20. The smallest absolute Gasteiger partial charge is 0.310 e. The van der Waals surface area contributed by atoms with Gasteiger partial charge in [0.1, 0.15) is 31.4 Å². The van der Waals surface area contributed by atoms with Crippen molar-refractivity contribution in [3.8, 4) is 0 Å². The van der Waals surface area contributed by atoms with E-state index in [9.17, 15) is 58.2 Å². The van der Waals surface area contributed by atoms with Crippen LogP contribution in [-0.2, 0) is 71.6 Å². The van der Waals surface area contributed by atoms with Crippen LogP contribution in [0.3, 0.4) is 0 Å². The number of aliphatic hydroxyl groups is 2. The molecule has 0 aliphatic heterocycles. The third-order valence-corrected chi connectivity index (χ3v) is 6.61. The average Bonchev–Trinajstić information content (AvgIpc) is 3.00. The Kier molecular flexibility index (Phi) is 17.7. The lowest BCUT2D eigenvalue weighted by atomic mass is 9.85. The zero-order valence-corrected chi connectivity index (χ0v) is 23.5. The van der Waals surface area contributed by atoms with E-state index >= 15 is 0 Å². The van der Waals surface area contributed by atoms with Crippen LogP contribution in [-0.4, -0.2) is 116 Å². The van der Waals surface area contributed by atoms with Gasteiger partial charge < -0.3 is 43.5 Å². The zero-order chi connectivity index (χ0) is 33.1. The Bertz CT molecular complexity index is 1030. The second-order valence-electron chi connectivity index (χ2n) is 9.73. The molecule has 244 valence electrons. The van der Waals surface area contributed by atoms with E-state index in [1.54, 1.807) is 0 Å². The first-order chi connectivity index (χ1) is 21.0. The van der Waals surface area contributed by atoms with Crippen LogP contribution in [0.1, 0.15) is 44.9 Å². The van der Waals surface area contributed by atoms with Crippen molar-refractivity contribution < 1.29 is 81.8 Å². The largest absolute Gasteiger partial charge is 0.462 e. The molecule has 17 nitrogen and oxygen atoms in total. The van der Waals surface area contributed by atoms with Crippen molar-refractivity contribution in [2.45, 2.75) is 75.7 Å². The maximum atomic E-state index is 12.4. The SMILES string of the molecule is O=CCC(CC(C=O)OC=O)C(=O)OCC(CCOC(O)C(CC=O)CC(C=O)OC(=O)C1CC(=O)C(=O)C(O)C1)OC=O. The zero-order valence-electron chi connectivity index (χ0n) is 23.5. The summed E-state index contributed by atoms with van der Waals surface area (Å²) < 4.78 is 24.7. The van der Waals surface area contributed by atoms with E-state index in [4.69, 9.17) is 18.9 Å². The summed E-state index contributed by atoms with van der Waals surface area (Å²) in [7, 11) is 0. The molecule has 0 spiro atoms. The molecule has 0 amide bonds. The highest BCUT2D eigenvalue weighted by atomic mass is 16.6. The number of hydrogen-bond donors (Lipinski definition) is 2. The highest BCUT2D eigenvalue weighted by molar-refractivity contribution is 6.39. The van der Waals surface area contributed by atoms with Gasteiger partial charge in [0.05, 0.1) is 18.4 Å². The van der Waals surface area contributed by atoms with Gasteiger partial charge in [-0.25, -0.2) is 0 Å². The minimum Gasteiger partial charge on any atom is -0.462 e. The molecule has 0 radical (unpaired) electrons. The Morgan fingerprint density at radius 1 is 0.909 bits per heavy atom. The van der Waals surface area contributed by atoms with E-state index in [0.29, 0.717) is 12.6 Å². The Morgan fingerprint density at radius 2 is 1.57 bits per heavy atom. The number of ketones is 2. The lowest BCUT2D eigenvalue weighted by molar-refractivity contribution is -0.170. The first kappa shape index (κ1) is 37.8. The Labute approximate surface area is 250 Å². The predicted molar refractivity (Wildman–Crippen MR) is 138 cm³/mol. The van der Waals surface area contributed by atoms with Crippen LogP contribution in [0.15, 0.2) is 0 Å². The molecule has 8 unspecified atom stereocenters. The van der Waals surface area contributed by atoms with E-state index in [0.717, 1.165) is 0 Å². The van der Waals surface area contributed by atoms with Gasteiger partial charge in [-0.15, -0.1) is 0 Å². The fourth-order valence-electron chi connectivity index (χ4n) is 4.20. The highest BCUT2D eigenvalue weighted by Gasteiger charge is 2.39. The number of ether oxygens (including phenoxy) is 5. The monoisotopic (exact) mass is 630 g/mol. The van der Waals surface area contributed by atoms with E-state index < -0.39 is 85.0 Å². The third-order valence-electron chi connectivity index (χ3n) is 6.61. The molecule has 0 heterocycles. The van der Waals surface area contributed by atoms with Crippen molar-refractivity contribution in [2.75, 3.05) is 13.2 Å². The van der Waals surface area contributed by atoms with Gasteiger partial charge in [-0.1, -0.05) is 0 Å². The Balaban J connectivity index is 2.69. The second kappa shape index (κ2) is 20.6. The van der Waals surface area contributed by atoms with Crippen molar-refractivity contribution >= 4 is 61.6 Å². The van der Waals surface area contributed by atoms with Crippen molar-refractivity contribution in [3.05, 3.63) is 0 Å². The van der Waals surface area contributed by atoms with Gasteiger partial charge in [0.25, 0.3) is 12.9 Å². The van der Waals surface area contributed by atoms with E-state index in [1.165, 1.54) is 0 Å². The van der Waals surface area contributed by atoms with Gasteiger partial charge >= 0.3 is 11.9 Å². The summed E-state index contributed by atoms with van der Waals surface area (Å²) in [5.74, 6) is -7.34. The maximum absolute atomic E-state index is 12.4. The first-order valence-electron chi connectivity index (χ1n) is 13.4. The van der Waals surface area contributed by atoms with Crippen molar-refractivity contribution in [2.24, 2.45) is 17.8 Å². The average molecular weight is 631 g/mol. The number of aldehydes is 4. The number of Topliss-reactive ketones (excluding diaryl/α,β-unsaturated/α-hetero) is 2. The minimum atomic E-state index is -1.69. The molecule has 2 N–H and O–H groups in total. The normalized spacial score (nSPS) is 20.4. The van der Waals surface area contributed by atoms with E-state index in [1.807, 2.05) is 0 Å². The van der Waals surface area contributed by atoms with Gasteiger partial charge in [-0.05, 0) is 12.8 Å². The molecule has 1 saturated carbocycles. The van der Waals surface area contributed by atoms with Crippen LogP contribution in [0.5, 0.6) is 0 Å². The molecule has 17 heteroatoms. The Hall–Kier alpha value is -4.22. The first-order valence-corrected chi connectivity index (χ1v) is 13.4. The molecular formula is C27H34O17. The molecule has 0 saturated heterocycles. The lowest BCUT2D eigenvalue weighted by Crippen LogP contribution is -2.41. The number of esters is 2. The van der Waals surface area contributed by atoms with Gasteiger partial charge in [0.15, 0.2) is 31.1 Å². The maximum Gasteiger partial charge on any atom is 0.310 e. The molecule has 0 bridgehead atoms. The van der Waals surface area contributed by atoms with Crippen LogP contribution in [0.4, 0.5) is 0 Å². The summed E-state index contributed by atoms with van der Waals surface area (Å²) in [4.78, 5) is 114. The summed E-state index contributed by atoms with van der Waals surface area (Å²) in [5, 5.41) is 20.1. The number of rotatable bonds is 24. The van der Waals surface area contributed by atoms with Crippen LogP contribution < -0.4 is 0 Å². The molecule has 0 aromatic carbocycles. The van der Waals surface area contributed by atoms with Gasteiger partial charge in [-0.2, -0.15) is 0 Å². The highest BCUT2D eigenvalue weighted by Crippen LogP contribution is 2.24. The number of carbonyl (C=O) groups excluding carboxylic acids is 10. The summed E-state index contributed by atoms with van der Waals surface area (Å²) in [6, 6.07) is 0. The van der Waals surface area contributed by atoms with Crippen LogP contribution >= 0.6 is 0 Å². The van der Waals surface area contributed by atoms with Gasteiger partial charge in [-0.3, -0.25) is 38.4 Å². The summed E-state index contributed by atoms with van der Waals surface area (Å²) in [6.45, 7) is -0.776. The van der Waals surface area contributed by atoms with Crippen molar-refractivity contribution in [3.63, 3.8) is 0 Å². The van der Waals surface area contributed by atoms with Crippen molar-refractivity contribution in [1.82, 2.24) is 0 Å². The fraction of sp³-hybridized carbons (Fsp3) is 0.630. The van der Waals surface area contributed by atoms with Gasteiger partial charge in [0.2, 0.25) is 11.6 Å². The Morgan fingerprint density at radius 3 is 2.14 bits per heavy atom. The quantitative estimate of drug-likeness (QED) is 0.0375. The van der Waals surface area contributed by atoms with Crippen LogP contribution in [0, 0.1) is 17.8 Å². The molecule has 44 heavy (non-hydrogen) atoms. The number of carbonyl (C=O) groups is 10. The van der Waals surface area contributed by atoms with Crippen molar-refractivity contribution in [1.29, 1.82) is 0 Å². The standard InChI is InChI=1S/C27H34O17/c28-4-1-16(7-20(11-30)43-15-33)26(38)41-13-19(42-14-32)3-6-40-25(37)17(2-5-29)8-21(12-31)44-27(39)18-9-22(34)24(36)23(35)10-18/h4-5,11-12,14-22,25,34,37H,1-3,6-10,13H2. The minimum absolute atomic E-state index is 0.00689. The molecule has 1 aliphatic rings. The molecule has 0 aromatic rings. The number of aliphatic hydroxyl groups excluding tert-OH is 2. The topological polar surface area (TPSA) is 257 Å². The van der Waals surface area contributed by atoms with Crippen LogP contribution in [0.25, 0.3) is 0 Å². The molecule has 8 atom stereocenters. The summed E-state index contributed by atoms with van der Waals surface area (Å²) >= 11 is 0. The van der Waals surface area contributed by atoms with Gasteiger partial charge in [0, 0.05) is 38.0 Å². The van der Waals surface area contributed by atoms with Crippen LogP contribution in [0.2, 0.25) is 0 Å². The predicted octanol–water partition coefficient (Wildman–Crippen LogP) is -2.25. The molecule has 1 rings (SSSR count). The summed E-state index contributed by atoms with van der Waals surface area (Å²) in [6.07, 6.45) is -8.32.